The molecule has 0 saturated heterocycles. The summed E-state index contributed by atoms with van der Waals surface area (Å²) in [5.74, 6) is -0.239. The summed E-state index contributed by atoms with van der Waals surface area (Å²) in [5.41, 5.74) is 5.25. The fourth-order valence-corrected chi connectivity index (χ4v) is 1.40. The summed E-state index contributed by atoms with van der Waals surface area (Å²) < 4.78 is 0. The van der Waals surface area contributed by atoms with Gasteiger partial charge in [0, 0.05) is 6.54 Å². The van der Waals surface area contributed by atoms with Crippen LogP contribution in [0, 0.1) is 0 Å². The normalized spacial score (nSPS) is 13.6. The van der Waals surface area contributed by atoms with Gasteiger partial charge < -0.3 is 10.6 Å². The number of hydrogen-bond donors (Lipinski definition) is 1. The van der Waals surface area contributed by atoms with E-state index in [2.05, 4.69) is 16.7 Å². The summed E-state index contributed by atoms with van der Waals surface area (Å²) in [6.45, 7) is 6.76. The second kappa shape index (κ2) is 6.79. The van der Waals surface area contributed by atoms with Crippen molar-refractivity contribution in [2.45, 2.75) is 26.3 Å². The highest BCUT2D eigenvalue weighted by atomic mass is 16.1. The highest BCUT2D eigenvalue weighted by molar-refractivity contribution is 5.79. The van der Waals surface area contributed by atoms with Gasteiger partial charge in [0.05, 0.1) is 6.04 Å². The van der Waals surface area contributed by atoms with Gasteiger partial charge in [-0.15, -0.1) is 0 Å². The zero-order valence-corrected chi connectivity index (χ0v) is 9.79. The minimum atomic E-state index is -0.239. The van der Waals surface area contributed by atoms with E-state index in [-0.39, 0.29) is 11.9 Å². The molecule has 0 bridgehead atoms. The molecule has 0 rings (SSSR count). The molecule has 0 heterocycles. The molecule has 0 saturated carbocycles. The zero-order chi connectivity index (χ0) is 11.1. The molecule has 1 unspecified atom stereocenters. The van der Waals surface area contributed by atoms with Gasteiger partial charge in [0.15, 0.2) is 0 Å². The average Bonchev–Trinajstić information content (AvgIpc) is 2.10. The van der Waals surface area contributed by atoms with Crippen LogP contribution in [0.15, 0.2) is 0 Å². The molecular weight excluding hydrogens is 178 g/mol. The van der Waals surface area contributed by atoms with E-state index in [9.17, 15) is 4.79 Å². The number of amides is 1. The molecule has 0 aliphatic rings. The van der Waals surface area contributed by atoms with Gasteiger partial charge in [-0.25, -0.2) is 0 Å². The Balaban J connectivity index is 3.84. The molecule has 0 radical (unpaired) electrons. The minimum absolute atomic E-state index is 0.151. The number of likely N-dealkylation sites (N-methyl/N-ethyl adjacent to an activating group) is 1. The number of nitrogens with zero attached hydrogens (tertiary/aromatic N) is 2. The number of hydrogen-bond acceptors (Lipinski definition) is 3. The number of carbonyl (C=O) groups is 1. The Morgan fingerprint density at radius 2 is 1.93 bits per heavy atom. The van der Waals surface area contributed by atoms with Crippen LogP contribution in [0.5, 0.6) is 0 Å². The maximum atomic E-state index is 11.0. The lowest BCUT2D eigenvalue weighted by molar-refractivity contribution is -0.122. The van der Waals surface area contributed by atoms with Crippen molar-refractivity contribution < 1.29 is 4.79 Å². The van der Waals surface area contributed by atoms with E-state index in [0.29, 0.717) is 0 Å². The summed E-state index contributed by atoms with van der Waals surface area (Å²) >= 11 is 0. The number of primary amides is 1. The number of nitrogens with two attached hydrogens (primary N) is 1. The van der Waals surface area contributed by atoms with Gasteiger partial charge in [0.1, 0.15) is 0 Å². The van der Waals surface area contributed by atoms with Crippen LogP contribution in [0.4, 0.5) is 0 Å². The van der Waals surface area contributed by atoms with Crippen LogP contribution in [0.2, 0.25) is 0 Å². The van der Waals surface area contributed by atoms with Crippen molar-refractivity contribution in [3.63, 3.8) is 0 Å². The maximum Gasteiger partial charge on any atom is 0.234 e. The maximum absolute atomic E-state index is 11.0. The molecule has 4 nitrogen and oxygen atoms in total. The fourth-order valence-electron chi connectivity index (χ4n) is 1.40. The molecule has 4 heteroatoms. The predicted molar refractivity (Wildman–Crippen MR) is 59.1 cm³/mol. The molecule has 1 amide bonds. The highest BCUT2D eigenvalue weighted by Crippen LogP contribution is 1.99. The molecule has 0 spiro atoms. The predicted octanol–water partition coefficient (Wildman–Crippen LogP) is 0.134. The topological polar surface area (TPSA) is 49.6 Å². The molecule has 0 aliphatic heterocycles. The molecule has 14 heavy (non-hydrogen) atoms. The van der Waals surface area contributed by atoms with Gasteiger partial charge in [-0.05, 0) is 40.5 Å². The highest BCUT2D eigenvalue weighted by Gasteiger charge is 2.16. The van der Waals surface area contributed by atoms with Crippen molar-refractivity contribution >= 4 is 5.91 Å². The first kappa shape index (κ1) is 13.4. The van der Waals surface area contributed by atoms with Crippen LogP contribution < -0.4 is 5.73 Å². The Morgan fingerprint density at radius 3 is 2.29 bits per heavy atom. The quantitative estimate of drug-likeness (QED) is 0.637. The first-order chi connectivity index (χ1) is 6.49. The van der Waals surface area contributed by atoms with Gasteiger partial charge in [-0.2, -0.15) is 0 Å². The Bertz CT molecular complexity index is 171. The summed E-state index contributed by atoms with van der Waals surface area (Å²) in [7, 11) is 4.10. The second-order valence-corrected chi connectivity index (χ2v) is 3.86. The third kappa shape index (κ3) is 5.19. The lowest BCUT2D eigenvalue weighted by Gasteiger charge is -2.25. The van der Waals surface area contributed by atoms with E-state index in [1.54, 1.807) is 0 Å². The first-order valence-corrected chi connectivity index (χ1v) is 5.17. The Labute approximate surface area is 87.0 Å². The van der Waals surface area contributed by atoms with Gasteiger partial charge in [0.25, 0.3) is 0 Å². The van der Waals surface area contributed by atoms with E-state index < -0.39 is 0 Å². The second-order valence-electron chi connectivity index (χ2n) is 3.86. The molecule has 0 aromatic rings. The van der Waals surface area contributed by atoms with Crippen LogP contribution in [0.1, 0.15) is 20.3 Å². The molecule has 1 atom stereocenters. The Hall–Kier alpha value is -0.610. The third-order valence-corrected chi connectivity index (χ3v) is 2.42. The zero-order valence-electron chi connectivity index (χ0n) is 9.79. The molecule has 0 fully saturated rings. The lowest BCUT2D eigenvalue weighted by atomic mass is 10.2. The van der Waals surface area contributed by atoms with Gasteiger partial charge in [0.2, 0.25) is 5.91 Å². The average molecular weight is 201 g/mol. The molecular formula is C10H23N3O. The first-order valence-electron chi connectivity index (χ1n) is 5.17. The van der Waals surface area contributed by atoms with Crippen LogP contribution in [-0.4, -0.2) is 55.5 Å². The van der Waals surface area contributed by atoms with Crippen molar-refractivity contribution in [3.8, 4) is 0 Å². The summed E-state index contributed by atoms with van der Waals surface area (Å²) in [5, 5.41) is 0. The number of rotatable bonds is 7. The summed E-state index contributed by atoms with van der Waals surface area (Å²) in [6, 6.07) is -0.151. The minimum Gasteiger partial charge on any atom is -0.368 e. The van der Waals surface area contributed by atoms with Crippen molar-refractivity contribution in [1.82, 2.24) is 9.80 Å². The van der Waals surface area contributed by atoms with E-state index >= 15 is 0 Å². The monoisotopic (exact) mass is 201 g/mol. The van der Waals surface area contributed by atoms with Gasteiger partial charge in [-0.1, -0.05) is 6.92 Å². The van der Waals surface area contributed by atoms with E-state index in [1.807, 2.05) is 21.0 Å². The van der Waals surface area contributed by atoms with Gasteiger partial charge >= 0.3 is 0 Å². The standard InChI is InChI=1S/C10H23N3O/c1-5-13(9(2)10(11)14)8-6-7-12(3)4/h9H,5-8H2,1-4H3,(H2,11,14). The van der Waals surface area contributed by atoms with Gasteiger partial charge in [-0.3, -0.25) is 9.69 Å². The van der Waals surface area contributed by atoms with Crippen molar-refractivity contribution in [1.29, 1.82) is 0 Å². The third-order valence-electron chi connectivity index (χ3n) is 2.42. The van der Waals surface area contributed by atoms with Crippen molar-refractivity contribution in [3.05, 3.63) is 0 Å². The Kier molecular flexibility index (Phi) is 6.49. The van der Waals surface area contributed by atoms with Crippen LogP contribution >= 0.6 is 0 Å². The van der Waals surface area contributed by atoms with Crippen LogP contribution in [0.25, 0.3) is 0 Å². The van der Waals surface area contributed by atoms with E-state index in [0.717, 1.165) is 26.1 Å². The van der Waals surface area contributed by atoms with Crippen molar-refractivity contribution in [2.24, 2.45) is 5.73 Å². The lowest BCUT2D eigenvalue weighted by Crippen LogP contribution is -2.43. The largest absolute Gasteiger partial charge is 0.368 e. The van der Waals surface area contributed by atoms with Crippen LogP contribution in [0.3, 0.4) is 0 Å². The van der Waals surface area contributed by atoms with E-state index in [1.165, 1.54) is 0 Å². The number of carbonyl (C=O) groups excluding carboxylic acids is 1. The van der Waals surface area contributed by atoms with E-state index in [4.69, 9.17) is 5.73 Å². The summed E-state index contributed by atoms with van der Waals surface area (Å²) in [4.78, 5) is 15.2. The fraction of sp³-hybridized carbons (Fsp3) is 0.900. The van der Waals surface area contributed by atoms with Crippen molar-refractivity contribution in [2.75, 3.05) is 33.7 Å². The smallest absolute Gasteiger partial charge is 0.234 e. The molecule has 0 aliphatic carbocycles. The Morgan fingerprint density at radius 1 is 1.36 bits per heavy atom. The molecule has 0 aromatic carbocycles. The molecule has 0 aromatic heterocycles. The van der Waals surface area contributed by atoms with Crippen LogP contribution in [-0.2, 0) is 4.79 Å². The SMILES string of the molecule is CCN(CCCN(C)C)C(C)C(N)=O. The summed E-state index contributed by atoms with van der Waals surface area (Å²) in [6.07, 6.45) is 1.07. The molecule has 2 N–H and O–H groups in total. The molecule has 84 valence electrons.